The Morgan fingerprint density at radius 3 is 2.11 bits per heavy atom. The first-order chi connectivity index (χ1) is 13.5. The molecule has 2 aromatic rings. The van der Waals surface area contributed by atoms with Gasteiger partial charge in [-0.05, 0) is 97.6 Å². The Morgan fingerprint density at radius 1 is 0.750 bits per heavy atom. The Morgan fingerprint density at radius 2 is 1.43 bits per heavy atom. The highest BCUT2D eigenvalue weighted by atomic mass is 19.2. The fourth-order valence-corrected chi connectivity index (χ4v) is 5.20. The highest BCUT2D eigenvalue weighted by molar-refractivity contribution is 5.65. The van der Waals surface area contributed by atoms with Crippen LogP contribution in [0.4, 0.5) is 17.6 Å². The first kappa shape index (κ1) is 19.2. The van der Waals surface area contributed by atoms with Gasteiger partial charge in [0.2, 0.25) is 0 Å². The predicted octanol–water partition coefficient (Wildman–Crippen LogP) is 7.40. The molecule has 2 aromatic carbocycles. The summed E-state index contributed by atoms with van der Waals surface area (Å²) in [5.41, 5.74) is 0.375. The standard InChI is InChI=1S/C24H24F4/c1-2-14-3-4-16-10-17(6-5-15(16)9-14)19-12-22(27)24(23(28)13-19)18-7-8-20(25)21(26)11-18/h2,7-8,11-17H,1,3-6,9-10H2. The minimum absolute atomic E-state index is 0.00639. The van der Waals surface area contributed by atoms with Gasteiger partial charge in [-0.25, -0.2) is 17.6 Å². The van der Waals surface area contributed by atoms with Crippen LogP contribution in [-0.2, 0) is 0 Å². The van der Waals surface area contributed by atoms with Crippen molar-refractivity contribution in [3.8, 4) is 11.1 Å². The van der Waals surface area contributed by atoms with Crippen LogP contribution in [0.2, 0.25) is 0 Å². The smallest absolute Gasteiger partial charge is 0.159 e. The topological polar surface area (TPSA) is 0 Å². The summed E-state index contributed by atoms with van der Waals surface area (Å²) in [7, 11) is 0. The first-order valence-electron chi connectivity index (χ1n) is 10.0. The fourth-order valence-electron chi connectivity index (χ4n) is 5.20. The van der Waals surface area contributed by atoms with Crippen molar-refractivity contribution in [1.82, 2.24) is 0 Å². The van der Waals surface area contributed by atoms with E-state index in [0.29, 0.717) is 23.3 Å². The second-order valence-electron chi connectivity index (χ2n) is 8.33. The molecule has 4 atom stereocenters. The zero-order valence-electron chi connectivity index (χ0n) is 15.7. The van der Waals surface area contributed by atoms with Crippen LogP contribution in [0.15, 0.2) is 43.0 Å². The lowest BCUT2D eigenvalue weighted by Gasteiger charge is -2.41. The molecule has 4 rings (SSSR count). The van der Waals surface area contributed by atoms with Crippen molar-refractivity contribution in [2.45, 2.75) is 44.4 Å². The highest BCUT2D eigenvalue weighted by Gasteiger charge is 2.35. The summed E-state index contributed by atoms with van der Waals surface area (Å²) in [6.45, 7) is 3.92. The maximum atomic E-state index is 14.7. The lowest BCUT2D eigenvalue weighted by molar-refractivity contribution is 0.133. The van der Waals surface area contributed by atoms with Crippen LogP contribution in [0.3, 0.4) is 0 Å². The monoisotopic (exact) mass is 388 g/mol. The van der Waals surface area contributed by atoms with E-state index >= 15 is 0 Å². The molecule has 4 unspecified atom stereocenters. The van der Waals surface area contributed by atoms with Crippen molar-refractivity contribution in [3.63, 3.8) is 0 Å². The molecule has 2 saturated carbocycles. The fraction of sp³-hybridized carbons (Fsp3) is 0.417. The number of rotatable bonds is 3. The van der Waals surface area contributed by atoms with E-state index in [0.717, 1.165) is 44.2 Å². The van der Waals surface area contributed by atoms with Gasteiger partial charge in [0.1, 0.15) is 11.6 Å². The lowest BCUT2D eigenvalue weighted by Crippen LogP contribution is -2.30. The molecule has 2 aliphatic carbocycles. The number of halogens is 4. The van der Waals surface area contributed by atoms with E-state index in [4.69, 9.17) is 0 Å². The summed E-state index contributed by atoms with van der Waals surface area (Å²) in [6.07, 6.45) is 8.49. The van der Waals surface area contributed by atoms with Crippen molar-refractivity contribution in [2.75, 3.05) is 0 Å². The molecule has 0 N–H and O–H groups in total. The average Bonchev–Trinajstić information content (AvgIpc) is 2.69. The SMILES string of the molecule is C=CC1CCC2CC(c3cc(F)c(-c4ccc(F)c(F)c4)c(F)c3)CCC2C1. The molecule has 4 heteroatoms. The van der Waals surface area contributed by atoms with E-state index < -0.39 is 23.3 Å². The number of fused-ring (bicyclic) bond motifs is 1. The predicted molar refractivity (Wildman–Crippen MR) is 103 cm³/mol. The number of benzene rings is 2. The summed E-state index contributed by atoms with van der Waals surface area (Å²) in [6, 6.07) is 5.67. The lowest BCUT2D eigenvalue weighted by atomic mass is 9.64. The minimum Gasteiger partial charge on any atom is -0.206 e. The van der Waals surface area contributed by atoms with Crippen LogP contribution in [0, 0.1) is 41.0 Å². The number of hydrogen-bond donors (Lipinski definition) is 0. The number of hydrogen-bond acceptors (Lipinski definition) is 0. The molecule has 0 radical (unpaired) electrons. The molecule has 0 aliphatic heterocycles. The molecule has 0 aromatic heterocycles. The maximum absolute atomic E-state index is 14.7. The van der Waals surface area contributed by atoms with E-state index in [9.17, 15) is 17.6 Å². The molecule has 148 valence electrons. The first-order valence-corrected chi connectivity index (χ1v) is 10.0. The summed E-state index contributed by atoms with van der Waals surface area (Å²) in [4.78, 5) is 0. The van der Waals surface area contributed by atoms with Gasteiger partial charge in [-0.3, -0.25) is 0 Å². The van der Waals surface area contributed by atoms with E-state index in [2.05, 4.69) is 12.7 Å². The molecule has 0 heterocycles. The van der Waals surface area contributed by atoms with E-state index in [1.165, 1.54) is 24.6 Å². The molecule has 2 fully saturated rings. The van der Waals surface area contributed by atoms with Crippen molar-refractivity contribution in [2.24, 2.45) is 17.8 Å². The van der Waals surface area contributed by atoms with Crippen LogP contribution in [-0.4, -0.2) is 0 Å². The van der Waals surface area contributed by atoms with Crippen LogP contribution in [0.5, 0.6) is 0 Å². The van der Waals surface area contributed by atoms with Gasteiger partial charge < -0.3 is 0 Å². The van der Waals surface area contributed by atoms with Gasteiger partial charge >= 0.3 is 0 Å². The Balaban J connectivity index is 1.57. The average molecular weight is 388 g/mol. The molecule has 0 spiro atoms. The van der Waals surface area contributed by atoms with E-state index in [-0.39, 0.29) is 17.0 Å². The molecular formula is C24H24F4. The molecule has 0 saturated heterocycles. The van der Waals surface area contributed by atoms with E-state index in [1.54, 1.807) is 0 Å². The molecule has 0 bridgehead atoms. The second-order valence-corrected chi connectivity index (χ2v) is 8.33. The van der Waals surface area contributed by atoms with Crippen LogP contribution >= 0.6 is 0 Å². The Bertz CT molecular complexity index is 865. The molecule has 0 amide bonds. The minimum atomic E-state index is -1.12. The largest absolute Gasteiger partial charge is 0.206 e. The van der Waals surface area contributed by atoms with Crippen molar-refractivity contribution in [1.29, 1.82) is 0 Å². The van der Waals surface area contributed by atoms with Gasteiger partial charge in [-0.2, -0.15) is 0 Å². The van der Waals surface area contributed by atoms with Crippen LogP contribution in [0.1, 0.15) is 50.0 Å². The summed E-state index contributed by atoms with van der Waals surface area (Å²) in [5, 5.41) is 0. The van der Waals surface area contributed by atoms with Crippen LogP contribution in [0.25, 0.3) is 11.1 Å². The third kappa shape index (κ3) is 3.61. The van der Waals surface area contributed by atoms with Crippen molar-refractivity contribution < 1.29 is 17.6 Å². The van der Waals surface area contributed by atoms with Gasteiger partial charge in [0.25, 0.3) is 0 Å². The Labute approximate surface area is 163 Å². The van der Waals surface area contributed by atoms with Gasteiger partial charge in [0, 0.05) is 0 Å². The Hall–Kier alpha value is -2.10. The van der Waals surface area contributed by atoms with Crippen molar-refractivity contribution in [3.05, 3.63) is 71.8 Å². The molecule has 28 heavy (non-hydrogen) atoms. The quantitative estimate of drug-likeness (QED) is 0.380. The number of allylic oxidation sites excluding steroid dienone is 1. The third-order valence-electron chi connectivity index (χ3n) is 6.73. The normalized spacial score (nSPS) is 27.3. The second kappa shape index (κ2) is 7.73. The van der Waals surface area contributed by atoms with E-state index in [1.807, 2.05) is 0 Å². The van der Waals surface area contributed by atoms with Gasteiger partial charge in [-0.15, -0.1) is 6.58 Å². The highest BCUT2D eigenvalue weighted by Crippen LogP contribution is 2.48. The van der Waals surface area contributed by atoms with Gasteiger partial charge in [0.15, 0.2) is 11.6 Å². The Kier molecular flexibility index (Phi) is 5.31. The summed E-state index contributed by atoms with van der Waals surface area (Å²) >= 11 is 0. The third-order valence-corrected chi connectivity index (χ3v) is 6.73. The summed E-state index contributed by atoms with van der Waals surface area (Å²) in [5.74, 6) is -1.57. The maximum Gasteiger partial charge on any atom is 0.159 e. The molecule has 2 aliphatic rings. The van der Waals surface area contributed by atoms with Gasteiger partial charge in [-0.1, -0.05) is 12.1 Å². The zero-order chi connectivity index (χ0) is 19.8. The molecule has 0 nitrogen and oxygen atoms in total. The summed E-state index contributed by atoms with van der Waals surface area (Å²) < 4.78 is 56.1. The van der Waals surface area contributed by atoms with Gasteiger partial charge in [0.05, 0.1) is 5.56 Å². The van der Waals surface area contributed by atoms with Crippen molar-refractivity contribution >= 4 is 0 Å². The van der Waals surface area contributed by atoms with Crippen LogP contribution < -0.4 is 0 Å². The zero-order valence-corrected chi connectivity index (χ0v) is 15.7. The molecular weight excluding hydrogens is 364 g/mol.